The summed E-state index contributed by atoms with van der Waals surface area (Å²) in [7, 11) is 5.22. The summed E-state index contributed by atoms with van der Waals surface area (Å²) in [5.74, 6) is -0.0247. The van der Waals surface area contributed by atoms with Crippen molar-refractivity contribution < 1.29 is 13.9 Å². The predicted octanol–water partition coefficient (Wildman–Crippen LogP) is 3.15. The molecular weight excluding hydrogens is 271 g/mol. The standard InChI is InChI=1S/C16H17FN2O2/c1-19(2)15-9-6-12(17)10-14(15)18-16(20)11-4-7-13(21-3)8-5-11/h4-10H,1-3H3,(H,18,20). The third-order valence-corrected chi connectivity index (χ3v) is 3.04. The lowest BCUT2D eigenvalue weighted by atomic mass is 10.2. The first-order chi connectivity index (χ1) is 10.0. The van der Waals surface area contributed by atoms with Gasteiger partial charge in [-0.25, -0.2) is 4.39 Å². The first-order valence-corrected chi connectivity index (χ1v) is 6.43. The predicted molar refractivity (Wildman–Crippen MR) is 81.7 cm³/mol. The first kappa shape index (κ1) is 14.8. The van der Waals surface area contributed by atoms with Crippen LogP contribution in [0.4, 0.5) is 15.8 Å². The molecule has 0 aliphatic carbocycles. The van der Waals surface area contributed by atoms with Gasteiger partial charge in [-0.2, -0.15) is 0 Å². The van der Waals surface area contributed by atoms with Gasteiger partial charge in [-0.1, -0.05) is 0 Å². The van der Waals surface area contributed by atoms with Crippen molar-refractivity contribution in [3.05, 3.63) is 53.8 Å². The van der Waals surface area contributed by atoms with Crippen LogP contribution in [-0.4, -0.2) is 27.1 Å². The van der Waals surface area contributed by atoms with Gasteiger partial charge in [0.25, 0.3) is 5.91 Å². The van der Waals surface area contributed by atoms with Crippen molar-refractivity contribution in [3.8, 4) is 5.75 Å². The summed E-state index contributed by atoms with van der Waals surface area (Å²) in [4.78, 5) is 14.0. The van der Waals surface area contributed by atoms with E-state index in [4.69, 9.17) is 4.74 Å². The van der Waals surface area contributed by atoms with Crippen molar-refractivity contribution in [3.63, 3.8) is 0 Å². The van der Waals surface area contributed by atoms with Crippen molar-refractivity contribution in [1.29, 1.82) is 0 Å². The molecule has 4 nitrogen and oxygen atoms in total. The highest BCUT2D eigenvalue weighted by atomic mass is 19.1. The zero-order chi connectivity index (χ0) is 15.4. The minimum Gasteiger partial charge on any atom is -0.497 e. The number of carbonyl (C=O) groups is 1. The molecule has 110 valence electrons. The molecule has 0 unspecified atom stereocenters. The molecule has 1 N–H and O–H groups in total. The van der Waals surface area contributed by atoms with Crippen LogP contribution in [0, 0.1) is 5.82 Å². The molecule has 0 saturated heterocycles. The minimum absolute atomic E-state index is 0.300. The Morgan fingerprint density at radius 3 is 2.38 bits per heavy atom. The number of anilines is 2. The highest BCUT2D eigenvalue weighted by Crippen LogP contribution is 2.25. The maximum absolute atomic E-state index is 13.4. The summed E-state index contributed by atoms with van der Waals surface area (Å²) in [5.41, 5.74) is 1.64. The second-order valence-electron chi connectivity index (χ2n) is 4.74. The molecule has 0 bridgehead atoms. The number of carbonyl (C=O) groups excluding carboxylic acids is 1. The monoisotopic (exact) mass is 288 g/mol. The van der Waals surface area contributed by atoms with Crippen molar-refractivity contribution in [1.82, 2.24) is 0 Å². The number of nitrogens with zero attached hydrogens (tertiary/aromatic N) is 1. The third-order valence-electron chi connectivity index (χ3n) is 3.04. The fourth-order valence-corrected chi connectivity index (χ4v) is 1.94. The summed E-state index contributed by atoms with van der Waals surface area (Å²) in [5, 5.41) is 2.73. The van der Waals surface area contributed by atoms with Crippen LogP contribution in [0.15, 0.2) is 42.5 Å². The van der Waals surface area contributed by atoms with Crippen LogP contribution >= 0.6 is 0 Å². The first-order valence-electron chi connectivity index (χ1n) is 6.43. The van der Waals surface area contributed by atoms with Crippen molar-refractivity contribution >= 4 is 17.3 Å². The van der Waals surface area contributed by atoms with Crippen LogP contribution in [0.5, 0.6) is 5.75 Å². The highest BCUT2D eigenvalue weighted by molar-refractivity contribution is 6.06. The van der Waals surface area contributed by atoms with Gasteiger partial charge in [-0.05, 0) is 42.5 Å². The quantitative estimate of drug-likeness (QED) is 0.939. The lowest BCUT2D eigenvalue weighted by molar-refractivity contribution is 0.102. The zero-order valence-corrected chi connectivity index (χ0v) is 12.2. The van der Waals surface area contributed by atoms with Gasteiger partial charge in [0.2, 0.25) is 0 Å². The van der Waals surface area contributed by atoms with E-state index in [9.17, 15) is 9.18 Å². The van der Waals surface area contributed by atoms with E-state index in [2.05, 4.69) is 5.32 Å². The molecule has 2 rings (SSSR count). The van der Waals surface area contributed by atoms with Gasteiger partial charge in [0.1, 0.15) is 11.6 Å². The number of nitrogens with one attached hydrogen (secondary N) is 1. The van der Waals surface area contributed by atoms with Gasteiger partial charge >= 0.3 is 0 Å². The van der Waals surface area contributed by atoms with E-state index >= 15 is 0 Å². The molecule has 0 aliphatic rings. The Balaban J connectivity index is 2.24. The molecule has 2 aromatic carbocycles. The van der Waals surface area contributed by atoms with Crippen LogP contribution in [0.25, 0.3) is 0 Å². The smallest absolute Gasteiger partial charge is 0.255 e. The van der Waals surface area contributed by atoms with Crippen molar-refractivity contribution in [2.75, 3.05) is 31.4 Å². The number of hydrogen-bond acceptors (Lipinski definition) is 3. The maximum Gasteiger partial charge on any atom is 0.255 e. The molecule has 5 heteroatoms. The van der Waals surface area contributed by atoms with Crippen LogP contribution in [0.1, 0.15) is 10.4 Å². The van der Waals surface area contributed by atoms with Gasteiger partial charge in [0, 0.05) is 19.7 Å². The Kier molecular flexibility index (Phi) is 4.42. The van der Waals surface area contributed by atoms with E-state index in [1.807, 2.05) is 19.0 Å². The summed E-state index contributed by atoms with van der Waals surface area (Å²) in [6.07, 6.45) is 0. The SMILES string of the molecule is COc1ccc(C(=O)Nc2cc(F)ccc2N(C)C)cc1. The number of benzene rings is 2. The average Bonchev–Trinajstić information content (AvgIpc) is 2.47. The van der Waals surface area contributed by atoms with E-state index in [1.54, 1.807) is 37.4 Å². The molecule has 0 atom stereocenters. The normalized spacial score (nSPS) is 10.1. The van der Waals surface area contributed by atoms with E-state index in [-0.39, 0.29) is 5.91 Å². The van der Waals surface area contributed by atoms with Gasteiger partial charge in [-0.15, -0.1) is 0 Å². The number of rotatable bonds is 4. The highest BCUT2D eigenvalue weighted by Gasteiger charge is 2.11. The number of halogens is 1. The van der Waals surface area contributed by atoms with Crippen LogP contribution in [0.3, 0.4) is 0 Å². The average molecular weight is 288 g/mol. The summed E-state index contributed by atoms with van der Waals surface area (Å²) < 4.78 is 18.4. The van der Waals surface area contributed by atoms with E-state index in [0.29, 0.717) is 17.0 Å². The molecule has 0 spiro atoms. The fraction of sp³-hybridized carbons (Fsp3) is 0.188. The summed E-state index contributed by atoms with van der Waals surface area (Å²) in [6, 6.07) is 11.0. The Morgan fingerprint density at radius 1 is 1.14 bits per heavy atom. The van der Waals surface area contributed by atoms with E-state index in [1.165, 1.54) is 12.1 Å². The van der Waals surface area contributed by atoms with Crippen molar-refractivity contribution in [2.45, 2.75) is 0 Å². The van der Waals surface area contributed by atoms with Crippen LogP contribution in [-0.2, 0) is 0 Å². The van der Waals surface area contributed by atoms with Crippen molar-refractivity contribution in [2.24, 2.45) is 0 Å². The molecule has 0 radical (unpaired) electrons. The fourth-order valence-electron chi connectivity index (χ4n) is 1.94. The van der Waals surface area contributed by atoms with Gasteiger partial charge in [0.05, 0.1) is 18.5 Å². The maximum atomic E-state index is 13.4. The second-order valence-corrected chi connectivity index (χ2v) is 4.74. The number of hydrogen-bond donors (Lipinski definition) is 1. The van der Waals surface area contributed by atoms with Gasteiger partial charge < -0.3 is 15.0 Å². The van der Waals surface area contributed by atoms with E-state index < -0.39 is 5.82 Å². The van der Waals surface area contributed by atoms with Crippen LogP contribution in [0.2, 0.25) is 0 Å². The molecule has 21 heavy (non-hydrogen) atoms. The second kappa shape index (κ2) is 6.26. The number of methoxy groups -OCH3 is 1. The molecule has 0 heterocycles. The van der Waals surface area contributed by atoms with Crippen LogP contribution < -0.4 is 15.0 Å². The number of amides is 1. The molecule has 0 aromatic heterocycles. The largest absolute Gasteiger partial charge is 0.497 e. The minimum atomic E-state index is -0.398. The molecule has 2 aromatic rings. The molecule has 0 fully saturated rings. The molecule has 0 saturated carbocycles. The zero-order valence-electron chi connectivity index (χ0n) is 12.2. The number of ether oxygens (including phenoxy) is 1. The lowest BCUT2D eigenvalue weighted by Crippen LogP contribution is -2.17. The Labute approximate surface area is 123 Å². The van der Waals surface area contributed by atoms with Gasteiger partial charge in [0.15, 0.2) is 0 Å². The third kappa shape index (κ3) is 3.51. The Bertz CT molecular complexity index is 639. The molecule has 0 aliphatic heterocycles. The molecular formula is C16H17FN2O2. The molecule has 1 amide bonds. The summed E-state index contributed by atoms with van der Waals surface area (Å²) in [6.45, 7) is 0. The lowest BCUT2D eigenvalue weighted by Gasteiger charge is -2.18. The van der Waals surface area contributed by atoms with Gasteiger partial charge in [-0.3, -0.25) is 4.79 Å². The Morgan fingerprint density at radius 2 is 1.81 bits per heavy atom. The topological polar surface area (TPSA) is 41.6 Å². The summed E-state index contributed by atoms with van der Waals surface area (Å²) >= 11 is 0. The Hall–Kier alpha value is -2.56. The van der Waals surface area contributed by atoms with E-state index in [0.717, 1.165) is 5.69 Å².